The third kappa shape index (κ3) is 3.85. The van der Waals surface area contributed by atoms with Crippen LogP contribution in [-0.2, 0) is 6.54 Å². The fourth-order valence-corrected chi connectivity index (χ4v) is 1.93. The summed E-state index contributed by atoms with van der Waals surface area (Å²) in [6.07, 6.45) is 1.45. The van der Waals surface area contributed by atoms with Crippen LogP contribution in [0.5, 0.6) is 5.75 Å². The molecule has 5 nitrogen and oxygen atoms in total. The first-order chi connectivity index (χ1) is 10.5. The second kappa shape index (κ2) is 7.09. The van der Waals surface area contributed by atoms with Gasteiger partial charge in [0, 0.05) is 25.4 Å². The zero-order chi connectivity index (χ0) is 16.1. The maximum absolute atomic E-state index is 13.3. The van der Waals surface area contributed by atoms with Crippen LogP contribution in [0.15, 0.2) is 41.3 Å². The number of aromatic nitrogens is 1. The Balaban J connectivity index is 2.03. The molecule has 0 aliphatic heterocycles. The van der Waals surface area contributed by atoms with E-state index in [1.807, 2.05) is 0 Å². The molecule has 1 heterocycles. The SMILES string of the molecule is CNC(=O)c1ccc(=O)n(CCOc2ccc(Cl)c(F)c2)c1. The summed E-state index contributed by atoms with van der Waals surface area (Å²) in [6.45, 7) is 0.381. The highest BCUT2D eigenvalue weighted by Crippen LogP contribution is 2.20. The molecule has 0 unspecified atom stereocenters. The molecular formula is C15H14ClFN2O3. The van der Waals surface area contributed by atoms with Crippen LogP contribution in [0.1, 0.15) is 10.4 Å². The molecule has 1 amide bonds. The third-order valence-corrected chi connectivity index (χ3v) is 3.27. The molecule has 0 spiro atoms. The zero-order valence-electron chi connectivity index (χ0n) is 11.8. The standard InChI is InChI=1S/C15H14ClFN2O3/c1-18-15(21)10-2-5-14(20)19(9-10)6-7-22-11-3-4-12(16)13(17)8-11/h2-5,8-9H,6-7H2,1H3,(H,18,21). The minimum atomic E-state index is -0.571. The number of hydrogen-bond donors (Lipinski definition) is 1. The molecule has 2 aromatic rings. The van der Waals surface area contributed by atoms with Crippen LogP contribution < -0.4 is 15.6 Å². The molecule has 7 heteroatoms. The lowest BCUT2D eigenvalue weighted by Crippen LogP contribution is -2.25. The smallest absolute Gasteiger partial charge is 0.252 e. The van der Waals surface area contributed by atoms with Gasteiger partial charge in [-0.1, -0.05) is 11.6 Å². The number of rotatable bonds is 5. The summed E-state index contributed by atoms with van der Waals surface area (Å²) < 4.78 is 20.0. The van der Waals surface area contributed by atoms with Gasteiger partial charge in [0.05, 0.1) is 17.1 Å². The Morgan fingerprint density at radius 2 is 2.14 bits per heavy atom. The van der Waals surface area contributed by atoms with Gasteiger partial charge in [0.25, 0.3) is 11.5 Å². The monoisotopic (exact) mass is 324 g/mol. The Morgan fingerprint density at radius 1 is 1.36 bits per heavy atom. The van der Waals surface area contributed by atoms with Crippen molar-refractivity contribution in [3.8, 4) is 5.75 Å². The molecular weight excluding hydrogens is 311 g/mol. The number of pyridine rings is 1. The van der Waals surface area contributed by atoms with E-state index in [9.17, 15) is 14.0 Å². The highest BCUT2D eigenvalue weighted by atomic mass is 35.5. The van der Waals surface area contributed by atoms with Crippen molar-refractivity contribution >= 4 is 17.5 Å². The van der Waals surface area contributed by atoms with Gasteiger partial charge < -0.3 is 14.6 Å². The maximum atomic E-state index is 13.3. The van der Waals surface area contributed by atoms with Gasteiger partial charge in [0.1, 0.15) is 18.2 Å². The summed E-state index contributed by atoms with van der Waals surface area (Å²) in [6, 6.07) is 6.87. The Morgan fingerprint density at radius 3 is 2.82 bits per heavy atom. The van der Waals surface area contributed by atoms with Crippen molar-refractivity contribution < 1.29 is 13.9 Å². The lowest BCUT2D eigenvalue weighted by Gasteiger charge is -2.10. The first-order valence-electron chi connectivity index (χ1n) is 6.51. The third-order valence-electron chi connectivity index (χ3n) is 2.96. The van der Waals surface area contributed by atoms with Crippen molar-refractivity contribution in [2.75, 3.05) is 13.7 Å². The maximum Gasteiger partial charge on any atom is 0.252 e. The van der Waals surface area contributed by atoms with Gasteiger partial charge in [-0.15, -0.1) is 0 Å². The molecule has 0 saturated carbocycles. The summed E-state index contributed by atoms with van der Waals surface area (Å²) in [4.78, 5) is 23.3. The van der Waals surface area contributed by atoms with Gasteiger partial charge in [-0.2, -0.15) is 0 Å². The average Bonchev–Trinajstić information content (AvgIpc) is 2.52. The number of hydrogen-bond acceptors (Lipinski definition) is 3. The van der Waals surface area contributed by atoms with Gasteiger partial charge in [0.15, 0.2) is 0 Å². The van der Waals surface area contributed by atoms with Crippen molar-refractivity contribution in [3.63, 3.8) is 0 Å². The highest BCUT2D eigenvalue weighted by Gasteiger charge is 2.06. The van der Waals surface area contributed by atoms with Gasteiger partial charge in [-0.3, -0.25) is 9.59 Å². The normalized spacial score (nSPS) is 10.3. The van der Waals surface area contributed by atoms with E-state index in [-0.39, 0.29) is 29.6 Å². The quantitative estimate of drug-likeness (QED) is 0.916. The number of amides is 1. The molecule has 2 rings (SSSR count). The Labute approximate surface area is 131 Å². The van der Waals surface area contributed by atoms with E-state index in [4.69, 9.17) is 16.3 Å². The van der Waals surface area contributed by atoms with E-state index in [1.54, 1.807) is 0 Å². The topological polar surface area (TPSA) is 60.3 Å². The zero-order valence-corrected chi connectivity index (χ0v) is 12.6. The van der Waals surface area contributed by atoms with Gasteiger partial charge >= 0.3 is 0 Å². The van der Waals surface area contributed by atoms with Crippen molar-refractivity contribution in [2.45, 2.75) is 6.54 Å². The predicted octanol–water partition coefficient (Wildman–Crippen LogP) is 2.08. The molecule has 116 valence electrons. The van der Waals surface area contributed by atoms with Crippen LogP contribution in [-0.4, -0.2) is 24.1 Å². The van der Waals surface area contributed by atoms with Crippen molar-refractivity contribution in [1.82, 2.24) is 9.88 Å². The van der Waals surface area contributed by atoms with Crippen LogP contribution in [0.4, 0.5) is 4.39 Å². The van der Waals surface area contributed by atoms with E-state index in [1.165, 1.54) is 48.1 Å². The fraction of sp³-hybridized carbons (Fsp3) is 0.200. The van der Waals surface area contributed by atoms with E-state index >= 15 is 0 Å². The van der Waals surface area contributed by atoms with Crippen molar-refractivity contribution in [1.29, 1.82) is 0 Å². The molecule has 0 radical (unpaired) electrons. The number of ether oxygens (including phenoxy) is 1. The first-order valence-corrected chi connectivity index (χ1v) is 6.89. The molecule has 0 aliphatic rings. The number of benzene rings is 1. The second-order valence-electron chi connectivity index (χ2n) is 4.45. The van der Waals surface area contributed by atoms with Gasteiger partial charge in [0.2, 0.25) is 0 Å². The number of nitrogens with one attached hydrogen (secondary N) is 1. The van der Waals surface area contributed by atoms with E-state index in [2.05, 4.69) is 5.32 Å². The first kappa shape index (κ1) is 16.0. The van der Waals surface area contributed by atoms with Crippen molar-refractivity contribution in [3.05, 3.63) is 63.3 Å². The predicted molar refractivity (Wildman–Crippen MR) is 81.0 cm³/mol. The summed E-state index contributed by atoms with van der Waals surface area (Å²) in [5.41, 5.74) is 0.123. The molecule has 1 aromatic heterocycles. The minimum Gasteiger partial charge on any atom is -0.492 e. The summed E-state index contributed by atoms with van der Waals surface area (Å²) >= 11 is 5.58. The second-order valence-corrected chi connectivity index (χ2v) is 4.86. The largest absolute Gasteiger partial charge is 0.492 e. The fourth-order valence-electron chi connectivity index (χ4n) is 1.81. The average molecular weight is 325 g/mol. The molecule has 0 bridgehead atoms. The van der Waals surface area contributed by atoms with Gasteiger partial charge in [-0.05, 0) is 18.2 Å². The van der Waals surface area contributed by atoms with Crippen molar-refractivity contribution in [2.24, 2.45) is 0 Å². The number of halogens is 2. The van der Waals surface area contributed by atoms with Crippen LogP contribution in [0.2, 0.25) is 5.02 Å². The van der Waals surface area contributed by atoms with Crippen LogP contribution in [0.3, 0.4) is 0 Å². The molecule has 0 aliphatic carbocycles. The number of nitrogens with zero attached hydrogens (tertiary/aromatic N) is 1. The highest BCUT2D eigenvalue weighted by molar-refractivity contribution is 6.30. The lowest BCUT2D eigenvalue weighted by molar-refractivity contribution is 0.0962. The molecule has 0 atom stereocenters. The number of carbonyl (C=O) groups is 1. The minimum absolute atomic E-state index is 0.0156. The Kier molecular flexibility index (Phi) is 5.16. The Bertz CT molecular complexity index is 746. The molecule has 22 heavy (non-hydrogen) atoms. The number of carbonyl (C=O) groups excluding carboxylic acids is 1. The van der Waals surface area contributed by atoms with Gasteiger partial charge in [-0.25, -0.2) is 4.39 Å². The molecule has 0 saturated heterocycles. The summed E-state index contributed by atoms with van der Waals surface area (Å²) in [5.74, 6) is -0.537. The Hall–Kier alpha value is -2.34. The van der Waals surface area contributed by atoms with E-state index in [0.29, 0.717) is 11.3 Å². The summed E-state index contributed by atoms with van der Waals surface area (Å²) in [7, 11) is 1.51. The van der Waals surface area contributed by atoms with Crippen LogP contribution in [0.25, 0.3) is 0 Å². The molecule has 1 N–H and O–H groups in total. The van der Waals surface area contributed by atoms with E-state index in [0.717, 1.165) is 0 Å². The molecule has 1 aromatic carbocycles. The van der Waals surface area contributed by atoms with Crippen LogP contribution in [0, 0.1) is 5.82 Å². The lowest BCUT2D eigenvalue weighted by atomic mass is 10.2. The summed E-state index contributed by atoms with van der Waals surface area (Å²) in [5, 5.41) is 2.50. The van der Waals surface area contributed by atoms with E-state index < -0.39 is 5.82 Å². The van der Waals surface area contributed by atoms with Crippen LogP contribution >= 0.6 is 11.6 Å². The molecule has 0 fully saturated rings.